The van der Waals surface area contributed by atoms with Gasteiger partial charge in [0, 0.05) is 50.9 Å². The predicted octanol–water partition coefficient (Wildman–Crippen LogP) is 2.77. The fourth-order valence-corrected chi connectivity index (χ4v) is 4.92. The van der Waals surface area contributed by atoms with E-state index in [-0.39, 0.29) is 42.0 Å². The first-order chi connectivity index (χ1) is 15.6. The van der Waals surface area contributed by atoms with Gasteiger partial charge in [0.25, 0.3) is 0 Å². The van der Waals surface area contributed by atoms with Crippen molar-refractivity contribution in [2.45, 2.75) is 64.6 Å². The molecular weight excluding hydrogens is 531 g/mol. The Morgan fingerprint density at radius 2 is 2.03 bits per heavy atom. The van der Waals surface area contributed by atoms with Gasteiger partial charge in [0.05, 0.1) is 19.3 Å². The van der Waals surface area contributed by atoms with E-state index in [0.717, 1.165) is 75.9 Å². The highest BCUT2D eigenvalue weighted by Gasteiger charge is 2.32. The number of rotatable bonds is 6. The monoisotopic (exact) mass is 570 g/mol. The average molecular weight is 571 g/mol. The fraction of sp³-hybridized carbons (Fsp3) is 0.708. The molecule has 1 saturated carbocycles. The third-order valence-corrected chi connectivity index (χ3v) is 6.68. The zero-order valence-corrected chi connectivity index (χ0v) is 22.3. The van der Waals surface area contributed by atoms with Gasteiger partial charge in [0.2, 0.25) is 5.91 Å². The summed E-state index contributed by atoms with van der Waals surface area (Å²) in [5.74, 6) is 2.41. The normalized spacial score (nSPS) is 24.0. The highest BCUT2D eigenvalue weighted by molar-refractivity contribution is 14.0. The summed E-state index contributed by atoms with van der Waals surface area (Å²) in [5.41, 5.74) is 1.08. The van der Waals surface area contributed by atoms with E-state index in [1.54, 1.807) is 0 Å². The number of halogens is 1. The molecule has 0 aromatic carbocycles. The van der Waals surface area contributed by atoms with Crippen molar-refractivity contribution >= 4 is 41.7 Å². The maximum atomic E-state index is 12.7. The zero-order valence-electron chi connectivity index (χ0n) is 20.0. The molecule has 3 aliphatic rings. The molecule has 1 aromatic heterocycles. The molecule has 2 atom stereocenters. The van der Waals surface area contributed by atoms with Crippen molar-refractivity contribution in [1.82, 2.24) is 20.5 Å². The van der Waals surface area contributed by atoms with E-state index >= 15 is 0 Å². The first-order valence-corrected chi connectivity index (χ1v) is 12.3. The molecule has 2 saturated heterocycles. The third-order valence-electron chi connectivity index (χ3n) is 6.68. The van der Waals surface area contributed by atoms with Crippen molar-refractivity contribution in [1.29, 1.82) is 0 Å². The van der Waals surface area contributed by atoms with Gasteiger partial charge >= 0.3 is 0 Å². The van der Waals surface area contributed by atoms with E-state index in [2.05, 4.69) is 46.5 Å². The summed E-state index contributed by atoms with van der Waals surface area (Å²) in [7, 11) is 0. The molecule has 1 amide bonds. The van der Waals surface area contributed by atoms with Crippen LogP contribution in [0, 0.1) is 5.92 Å². The fourth-order valence-electron chi connectivity index (χ4n) is 4.92. The molecule has 0 bridgehead atoms. The Bertz CT molecular complexity index is 784. The molecule has 3 heterocycles. The van der Waals surface area contributed by atoms with Crippen LogP contribution in [0.4, 0.5) is 5.82 Å². The van der Waals surface area contributed by atoms with Crippen molar-refractivity contribution in [3.63, 3.8) is 0 Å². The standard InChI is InChI=1S/C24H38N6O2.HI/c1-3-25-24(28-21-10-11-30(17-21)23(31)20-6-4-5-7-20)27-15-19-8-9-22(26-14-19)29-12-13-32-18(2)16-29;/h8-9,14,18,20-21H,3-7,10-13,15-17H2,1-2H3,(H2,25,27,28);1H. The van der Waals surface area contributed by atoms with Crippen LogP contribution in [0.15, 0.2) is 23.3 Å². The Morgan fingerprint density at radius 3 is 2.73 bits per heavy atom. The lowest BCUT2D eigenvalue weighted by molar-refractivity contribution is -0.134. The van der Waals surface area contributed by atoms with Crippen LogP contribution in [-0.2, 0) is 16.1 Å². The number of anilines is 1. The van der Waals surface area contributed by atoms with Crippen molar-refractivity contribution in [2.24, 2.45) is 10.9 Å². The van der Waals surface area contributed by atoms with E-state index in [1.165, 1.54) is 12.8 Å². The van der Waals surface area contributed by atoms with Crippen molar-refractivity contribution < 1.29 is 9.53 Å². The SMILES string of the molecule is CCNC(=NCc1ccc(N2CCOC(C)C2)nc1)NC1CCN(C(=O)C2CCCC2)C1.I. The topological polar surface area (TPSA) is 82.1 Å². The Morgan fingerprint density at radius 1 is 1.21 bits per heavy atom. The highest BCUT2D eigenvalue weighted by Crippen LogP contribution is 2.27. The molecule has 8 nitrogen and oxygen atoms in total. The first kappa shape index (κ1) is 26.0. The lowest BCUT2D eigenvalue weighted by atomic mass is 10.1. The summed E-state index contributed by atoms with van der Waals surface area (Å²) in [4.78, 5) is 26.4. The van der Waals surface area contributed by atoms with Crippen LogP contribution in [0.3, 0.4) is 0 Å². The molecule has 0 spiro atoms. The minimum Gasteiger partial charge on any atom is -0.375 e. The Hall–Kier alpha value is -1.62. The second kappa shape index (κ2) is 12.7. The van der Waals surface area contributed by atoms with Gasteiger partial charge in [-0.25, -0.2) is 9.98 Å². The highest BCUT2D eigenvalue weighted by atomic mass is 127. The molecular formula is C24H39IN6O2. The van der Waals surface area contributed by atoms with E-state index in [0.29, 0.717) is 12.5 Å². The minimum absolute atomic E-state index is 0. The van der Waals surface area contributed by atoms with E-state index in [9.17, 15) is 4.79 Å². The number of carbonyl (C=O) groups is 1. The number of guanidine groups is 1. The van der Waals surface area contributed by atoms with Crippen molar-refractivity contribution in [2.75, 3.05) is 44.2 Å². The lowest BCUT2D eigenvalue weighted by Gasteiger charge is -2.32. The van der Waals surface area contributed by atoms with Gasteiger partial charge in [-0.05, 0) is 44.7 Å². The number of aliphatic imine (C=N–C) groups is 1. The number of hydrogen-bond donors (Lipinski definition) is 2. The number of likely N-dealkylation sites (tertiary alicyclic amines) is 1. The number of amides is 1. The van der Waals surface area contributed by atoms with Crippen LogP contribution in [0.1, 0.15) is 51.5 Å². The van der Waals surface area contributed by atoms with Gasteiger partial charge in [-0.15, -0.1) is 24.0 Å². The van der Waals surface area contributed by atoms with Gasteiger partial charge < -0.3 is 25.2 Å². The molecule has 0 radical (unpaired) electrons. The molecule has 9 heteroatoms. The van der Waals surface area contributed by atoms with Crippen LogP contribution >= 0.6 is 24.0 Å². The van der Waals surface area contributed by atoms with Crippen molar-refractivity contribution in [3.8, 4) is 0 Å². The molecule has 2 aliphatic heterocycles. The summed E-state index contributed by atoms with van der Waals surface area (Å²) in [6.45, 7) is 9.66. The minimum atomic E-state index is 0. The summed E-state index contributed by atoms with van der Waals surface area (Å²) in [6.07, 6.45) is 7.65. The number of pyridine rings is 1. The van der Waals surface area contributed by atoms with Crippen LogP contribution in [0.5, 0.6) is 0 Å². The third kappa shape index (κ3) is 7.18. The van der Waals surface area contributed by atoms with Gasteiger partial charge in [-0.3, -0.25) is 4.79 Å². The number of aromatic nitrogens is 1. The van der Waals surface area contributed by atoms with Crippen LogP contribution in [-0.4, -0.2) is 73.2 Å². The largest absolute Gasteiger partial charge is 0.375 e. The number of ether oxygens (including phenoxy) is 1. The summed E-state index contributed by atoms with van der Waals surface area (Å²) in [6, 6.07) is 4.43. The molecule has 2 N–H and O–H groups in total. The number of nitrogens with zero attached hydrogens (tertiary/aromatic N) is 4. The lowest BCUT2D eigenvalue weighted by Crippen LogP contribution is -2.45. The Balaban J connectivity index is 0.00000306. The number of morpholine rings is 1. The summed E-state index contributed by atoms with van der Waals surface area (Å²) in [5, 5.41) is 6.87. The van der Waals surface area contributed by atoms with Gasteiger partial charge in [0.1, 0.15) is 5.82 Å². The first-order valence-electron chi connectivity index (χ1n) is 12.3. The molecule has 3 fully saturated rings. The quantitative estimate of drug-likeness (QED) is 0.311. The van der Waals surface area contributed by atoms with Crippen LogP contribution in [0.2, 0.25) is 0 Å². The van der Waals surface area contributed by atoms with Crippen LogP contribution < -0.4 is 15.5 Å². The number of hydrogen-bond acceptors (Lipinski definition) is 5. The zero-order chi connectivity index (χ0) is 22.3. The maximum Gasteiger partial charge on any atom is 0.225 e. The molecule has 1 aromatic rings. The van der Waals surface area contributed by atoms with Gasteiger partial charge in [-0.2, -0.15) is 0 Å². The Kier molecular flexibility index (Phi) is 10.0. The van der Waals surface area contributed by atoms with Gasteiger partial charge in [-0.1, -0.05) is 18.9 Å². The second-order valence-electron chi connectivity index (χ2n) is 9.24. The molecule has 4 rings (SSSR count). The van der Waals surface area contributed by atoms with E-state index in [1.807, 2.05) is 11.1 Å². The van der Waals surface area contributed by atoms with Gasteiger partial charge in [0.15, 0.2) is 5.96 Å². The van der Waals surface area contributed by atoms with E-state index in [4.69, 9.17) is 9.73 Å². The predicted molar refractivity (Wildman–Crippen MR) is 142 cm³/mol. The van der Waals surface area contributed by atoms with Crippen molar-refractivity contribution in [3.05, 3.63) is 23.9 Å². The smallest absolute Gasteiger partial charge is 0.225 e. The maximum absolute atomic E-state index is 12.7. The summed E-state index contributed by atoms with van der Waals surface area (Å²) >= 11 is 0. The molecule has 1 aliphatic carbocycles. The summed E-state index contributed by atoms with van der Waals surface area (Å²) < 4.78 is 5.62. The number of nitrogens with one attached hydrogen (secondary N) is 2. The molecule has 2 unspecified atom stereocenters. The Labute approximate surface area is 215 Å². The average Bonchev–Trinajstić information content (AvgIpc) is 3.50. The van der Waals surface area contributed by atoms with Crippen LogP contribution in [0.25, 0.3) is 0 Å². The number of carbonyl (C=O) groups excluding carboxylic acids is 1. The second-order valence-corrected chi connectivity index (χ2v) is 9.24. The van der Waals surface area contributed by atoms with E-state index < -0.39 is 0 Å². The molecule has 33 heavy (non-hydrogen) atoms. The molecule has 184 valence electrons.